The molecule has 2 rings (SSSR count). The molecule has 0 radical (unpaired) electrons. The van der Waals surface area contributed by atoms with Crippen LogP contribution >= 0.6 is 0 Å². The molecule has 1 aliphatic rings. The van der Waals surface area contributed by atoms with E-state index < -0.39 is 10.0 Å². The van der Waals surface area contributed by atoms with Crippen LogP contribution in [0, 0.1) is 0 Å². The van der Waals surface area contributed by atoms with Crippen molar-refractivity contribution in [1.29, 1.82) is 0 Å². The second kappa shape index (κ2) is 5.61. The third-order valence-electron chi connectivity index (χ3n) is 3.57. The van der Waals surface area contributed by atoms with E-state index in [1.54, 1.807) is 10.4 Å². The van der Waals surface area contributed by atoms with E-state index in [9.17, 15) is 8.42 Å². The number of hydrogen-bond donors (Lipinski definition) is 1. The first-order valence-corrected chi connectivity index (χ1v) is 8.25. The molecule has 106 valence electrons. The lowest BCUT2D eigenvalue weighted by atomic mass is 10.0. The molecule has 0 bridgehead atoms. The van der Waals surface area contributed by atoms with Crippen LogP contribution < -0.4 is 5.32 Å². The van der Waals surface area contributed by atoms with Gasteiger partial charge in [0.15, 0.2) is 0 Å². The van der Waals surface area contributed by atoms with E-state index in [4.69, 9.17) is 0 Å². The van der Waals surface area contributed by atoms with Crippen molar-refractivity contribution in [3.63, 3.8) is 0 Å². The van der Waals surface area contributed by atoms with Crippen molar-refractivity contribution in [1.82, 2.24) is 9.62 Å². The highest BCUT2D eigenvalue weighted by Crippen LogP contribution is 2.26. The minimum Gasteiger partial charge on any atom is -0.312 e. The van der Waals surface area contributed by atoms with Gasteiger partial charge >= 0.3 is 0 Å². The zero-order valence-corrected chi connectivity index (χ0v) is 12.6. The Hall–Kier alpha value is -0.910. The van der Waals surface area contributed by atoms with Gasteiger partial charge < -0.3 is 5.32 Å². The summed E-state index contributed by atoms with van der Waals surface area (Å²) in [5, 5.41) is 3.28. The van der Waals surface area contributed by atoms with Gasteiger partial charge in [-0.05, 0) is 44.0 Å². The average Bonchev–Trinajstić information content (AvgIpc) is 2.38. The second-order valence-electron chi connectivity index (χ2n) is 5.12. The molecule has 1 N–H and O–H groups in total. The SMILES string of the molecule is CCN(C(C)C)S(=O)(=O)c1cccc2c1CCNC2. The number of nitrogens with one attached hydrogen (secondary N) is 1. The lowest BCUT2D eigenvalue weighted by molar-refractivity contribution is 0.368. The summed E-state index contributed by atoms with van der Waals surface area (Å²) >= 11 is 0. The third kappa shape index (κ3) is 2.68. The Morgan fingerprint density at radius 3 is 2.74 bits per heavy atom. The largest absolute Gasteiger partial charge is 0.312 e. The molecule has 0 amide bonds. The first-order chi connectivity index (χ1) is 8.98. The Balaban J connectivity index is 2.52. The maximum absolute atomic E-state index is 12.8. The van der Waals surface area contributed by atoms with Gasteiger partial charge in [-0.25, -0.2) is 8.42 Å². The van der Waals surface area contributed by atoms with Crippen LogP contribution in [0.1, 0.15) is 31.9 Å². The minimum atomic E-state index is -3.39. The maximum atomic E-state index is 12.8. The first-order valence-electron chi connectivity index (χ1n) is 6.81. The van der Waals surface area contributed by atoms with Crippen molar-refractivity contribution in [3.05, 3.63) is 29.3 Å². The molecular weight excluding hydrogens is 260 g/mol. The number of fused-ring (bicyclic) bond motifs is 1. The van der Waals surface area contributed by atoms with Crippen LogP contribution in [0.2, 0.25) is 0 Å². The molecule has 0 unspecified atom stereocenters. The molecule has 0 spiro atoms. The Morgan fingerprint density at radius 2 is 2.11 bits per heavy atom. The molecule has 0 saturated heterocycles. The monoisotopic (exact) mass is 282 g/mol. The van der Waals surface area contributed by atoms with E-state index in [2.05, 4.69) is 5.32 Å². The number of nitrogens with zero attached hydrogens (tertiary/aromatic N) is 1. The van der Waals surface area contributed by atoms with E-state index in [0.717, 1.165) is 30.6 Å². The predicted molar refractivity (Wildman–Crippen MR) is 76.6 cm³/mol. The Morgan fingerprint density at radius 1 is 1.37 bits per heavy atom. The van der Waals surface area contributed by atoms with Gasteiger partial charge in [-0.1, -0.05) is 19.1 Å². The summed E-state index contributed by atoms with van der Waals surface area (Å²) in [4.78, 5) is 0.488. The van der Waals surface area contributed by atoms with E-state index in [1.807, 2.05) is 32.9 Å². The fourth-order valence-electron chi connectivity index (χ4n) is 2.68. The van der Waals surface area contributed by atoms with Gasteiger partial charge in [0.2, 0.25) is 10.0 Å². The van der Waals surface area contributed by atoms with E-state index >= 15 is 0 Å². The molecule has 19 heavy (non-hydrogen) atoms. The van der Waals surface area contributed by atoms with Crippen LogP contribution in [0.3, 0.4) is 0 Å². The van der Waals surface area contributed by atoms with Crippen molar-refractivity contribution >= 4 is 10.0 Å². The zero-order valence-electron chi connectivity index (χ0n) is 11.8. The summed E-state index contributed by atoms with van der Waals surface area (Å²) in [5.74, 6) is 0. The van der Waals surface area contributed by atoms with Gasteiger partial charge in [-0.2, -0.15) is 4.31 Å². The van der Waals surface area contributed by atoms with Crippen LogP contribution in [0.25, 0.3) is 0 Å². The molecule has 1 aliphatic heterocycles. The smallest absolute Gasteiger partial charge is 0.243 e. The van der Waals surface area contributed by atoms with Crippen molar-refractivity contribution in [3.8, 4) is 0 Å². The first kappa shape index (κ1) is 14.5. The lowest BCUT2D eigenvalue weighted by Gasteiger charge is -2.27. The lowest BCUT2D eigenvalue weighted by Crippen LogP contribution is -2.38. The Labute approximate surface area is 115 Å². The van der Waals surface area contributed by atoms with Gasteiger partial charge in [0.05, 0.1) is 4.90 Å². The highest BCUT2D eigenvalue weighted by Gasteiger charge is 2.29. The van der Waals surface area contributed by atoms with E-state index in [0.29, 0.717) is 11.4 Å². The highest BCUT2D eigenvalue weighted by molar-refractivity contribution is 7.89. The molecular formula is C14H22N2O2S. The molecule has 0 fully saturated rings. The van der Waals surface area contributed by atoms with Gasteiger partial charge in [-0.3, -0.25) is 0 Å². The standard InChI is InChI=1S/C14H22N2O2S/c1-4-16(11(2)3)19(17,18)14-7-5-6-12-10-15-9-8-13(12)14/h5-7,11,15H,4,8-10H2,1-3H3. The van der Waals surface area contributed by atoms with Gasteiger partial charge in [0.25, 0.3) is 0 Å². The third-order valence-corrected chi connectivity index (χ3v) is 5.81. The van der Waals surface area contributed by atoms with Crippen LogP contribution in [0.5, 0.6) is 0 Å². The van der Waals surface area contributed by atoms with Crippen molar-refractivity contribution < 1.29 is 8.42 Å². The van der Waals surface area contributed by atoms with Gasteiger partial charge in [-0.15, -0.1) is 0 Å². The van der Waals surface area contributed by atoms with Crippen molar-refractivity contribution in [2.75, 3.05) is 13.1 Å². The number of rotatable bonds is 4. The topological polar surface area (TPSA) is 49.4 Å². The van der Waals surface area contributed by atoms with Crippen LogP contribution in [0.15, 0.2) is 23.1 Å². The van der Waals surface area contributed by atoms with Crippen LogP contribution in [0.4, 0.5) is 0 Å². The fourth-order valence-corrected chi connectivity index (χ4v) is 4.62. The molecule has 1 heterocycles. The van der Waals surface area contributed by atoms with E-state index in [1.165, 1.54) is 0 Å². The molecule has 4 nitrogen and oxygen atoms in total. The molecule has 0 aromatic heterocycles. The van der Waals surface area contributed by atoms with E-state index in [-0.39, 0.29) is 6.04 Å². The second-order valence-corrected chi connectivity index (χ2v) is 6.98. The highest BCUT2D eigenvalue weighted by atomic mass is 32.2. The Kier molecular flexibility index (Phi) is 4.28. The molecule has 1 aromatic rings. The quantitative estimate of drug-likeness (QED) is 0.915. The summed E-state index contributed by atoms with van der Waals surface area (Å²) in [5.41, 5.74) is 2.09. The van der Waals surface area contributed by atoms with Gasteiger partial charge in [0.1, 0.15) is 0 Å². The number of benzene rings is 1. The van der Waals surface area contributed by atoms with Crippen molar-refractivity contribution in [2.24, 2.45) is 0 Å². The number of hydrogen-bond acceptors (Lipinski definition) is 3. The molecule has 5 heteroatoms. The summed E-state index contributed by atoms with van der Waals surface area (Å²) in [6.45, 7) is 7.81. The zero-order chi connectivity index (χ0) is 14.0. The summed E-state index contributed by atoms with van der Waals surface area (Å²) in [6, 6.07) is 5.57. The average molecular weight is 282 g/mol. The molecule has 1 aromatic carbocycles. The normalized spacial score (nSPS) is 15.8. The maximum Gasteiger partial charge on any atom is 0.243 e. The molecule has 0 atom stereocenters. The summed E-state index contributed by atoms with van der Waals surface area (Å²) in [7, 11) is -3.39. The molecule has 0 saturated carbocycles. The van der Waals surface area contributed by atoms with Crippen LogP contribution in [-0.4, -0.2) is 31.9 Å². The predicted octanol–water partition coefficient (Wildman–Crippen LogP) is 1.75. The Bertz CT molecular complexity index is 553. The number of sulfonamides is 1. The van der Waals surface area contributed by atoms with Crippen molar-refractivity contribution in [2.45, 2.75) is 44.7 Å². The fraction of sp³-hybridized carbons (Fsp3) is 0.571. The summed E-state index contributed by atoms with van der Waals surface area (Å²) in [6.07, 6.45) is 0.778. The van der Waals surface area contributed by atoms with Crippen LogP contribution in [-0.2, 0) is 23.0 Å². The minimum absolute atomic E-state index is 0.0208. The molecule has 0 aliphatic carbocycles. The summed E-state index contributed by atoms with van der Waals surface area (Å²) < 4.78 is 27.1. The van der Waals surface area contributed by atoms with Gasteiger partial charge in [0, 0.05) is 19.1 Å².